The van der Waals surface area contributed by atoms with Crippen molar-refractivity contribution in [1.29, 1.82) is 0 Å². The van der Waals surface area contributed by atoms with Crippen LogP contribution in [0.4, 0.5) is 0 Å². The Morgan fingerprint density at radius 2 is 1.69 bits per heavy atom. The summed E-state index contributed by atoms with van der Waals surface area (Å²) in [5, 5.41) is 0. The van der Waals surface area contributed by atoms with Crippen LogP contribution in [0.3, 0.4) is 0 Å². The maximum atomic E-state index is 12.8. The average molecular weight is 382 g/mol. The van der Waals surface area contributed by atoms with Gasteiger partial charge in [0.2, 0.25) is 10.0 Å². The van der Waals surface area contributed by atoms with Gasteiger partial charge in [0, 0.05) is 26.2 Å². The average Bonchev–Trinajstić information content (AvgIpc) is 2.61. The molecule has 8 heteroatoms. The van der Waals surface area contributed by atoms with Gasteiger partial charge in [0.25, 0.3) is 5.91 Å². The molecule has 1 aromatic carbocycles. The van der Waals surface area contributed by atoms with E-state index in [9.17, 15) is 18.0 Å². The first-order valence-electron chi connectivity index (χ1n) is 8.64. The third kappa shape index (κ3) is 4.62. The van der Waals surface area contributed by atoms with Crippen LogP contribution in [-0.2, 0) is 24.3 Å². The number of ether oxygens (including phenoxy) is 1. The van der Waals surface area contributed by atoms with Crippen LogP contribution < -0.4 is 0 Å². The number of carbonyl (C=O) groups is 2. The Bertz CT molecular complexity index is 781. The molecule has 0 aromatic heterocycles. The van der Waals surface area contributed by atoms with E-state index in [4.69, 9.17) is 4.74 Å². The zero-order chi connectivity index (χ0) is 19.5. The molecule has 144 valence electrons. The minimum Gasteiger partial charge on any atom is -0.455 e. The number of piperazine rings is 1. The van der Waals surface area contributed by atoms with Crippen molar-refractivity contribution < 1.29 is 22.7 Å². The van der Waals surface area contributed by atoms with Crippen LogP contribution in [0.2, 0.25) is 0 Å². The summed E-state index contributed by atoms with van der Waals surface area (Å²) in [4.78, 5) is 25.4. The topological polar surface area (TPSA) is 84.0 Å². The van der Waals surface area contributed by atoms with Crippen LogP contribution in [0.25, 0.3) is 0 Å². The third-order valence-corrected chi connectivity index (χ3v) is 6.41. The molecule has 1 saturated heterocycles. The highest BCUT2D eigenvalue weighted by Gasteiger charge is 2.30. The second-order valence-electron chi connectivity index (χ2n) is 6.79. The van der Waals surface area contributed by atoms with Crippen LogP contribution in [0.5, 0.6) is 0 Å². The highest BCUT2D eigenvalue weighted by atomic mass is 32.2. The molecule has 0 radical (unpaired) electrons. The van der Waals surface area contributed by atoms with E-state index >= 15 is 0 Å². The summed E-state index contributed by atoms with van der Waals surface area (Å²) >= 11 is 0. The molecule has 1 fully saturated rings. The van der Waals surface area contributed by atoms with Crippen LogP contribution in [0.15, 0.2) is 23.1 Å². The molecule has 1 aliphatic heterocycles. The molecule has 26 heavy (non-hydrogen) atoms. The fraction of sp³-hybridized carbons (Fsp3) is 0.556. The first-order chi connectivity index (χ1) is 12.1. The molecule has 0 N–H and O–H groups in total. The van der Waals surface area contributed by atoms with Crippen LogP contribution in [0, 0.1) is 19.8 Å². The zero-order valence-corrected chi connectivity index (χ0v) is 16.5. The summed E-state index contributed by atoms with van der Waals surface area (Å²) in [6.07, 6.45) is 0. The van der Waals surface area contributed by atoms with Gasteiger partial charge in [-0.1, -0.05) is 19.9 Å². The fourth-order valence-electron chi connectivity index (χ4n) is 2.59. The van der Waals surface area contributed by atoms with Crippen molar-refractivity contribution in [3.05, 3.63) is 29.3 Å². The van der Waals surface area contributed by atoms with Gasteiger partial charge >= 0.3 is 5.97 Å². The summed E-state index contributed by atoms with van der Waals surface area (Å²) in [5.41, 5.74) is 1.96. The molecule has 7 nitrogen and oxygen atoms in total. The molecule has 1 aliphatic rings. The predicted octanol–water partition coefficient (Wildman–Crippen LogP) is 1.34. The van der Waals surface area contributed by atoms with Crippen molar-refractivity contribution in [2.75, 3.05) is 32.8 Å². The van der Waals surface area contributed by atoms with Gasteiger partial charge in [-0.3, -0.25) is 9.59 Å². The monoisotopic (exact) mass is 382 g/mol. The van der Waals surface area contributed by atoms with Gasteiger partial charge in [0.15, 0.2) is 6.61 Å². The number of amides is 1. The van der Waals surface area contributed by atoms with Crippen molar-refractivity contribution in [1.82, 2.24) is 9.21 Å². The van der Waals surface area contributed by atoms with Crippen LogP contribution in [0.1, 0.15) is 25.0 Å². The summed E-state index contributed by atoms with van der Waals surface area (Å²) in [6, 6.07) is 5.08. The van der Waals surface area contributed by atoms with Gasteiger partial charge in [-0.05, 0) is 37.1 Å². The quantitative estimate of drug-likeness (QED) is 0.718. The maximum absolute atomic E-state index is 12.8. The highest BCUT2D eigenvalue weighted by molar-refractivity contribution is 7.89. The van der Waals surface area contributed by atoms with Gasteiger partial charge in [-0.25, -0.2) is 8.42 Å². The first kappa shape index (κ1) is 20.4. The number of rotatable bonds is 5. The highest BCUT2D eigenvalue weighted by Crippen LogP contribution is 2.20. The summed E-state index contributed by atoms with van der Waals surface area (Å²) in [7, 11) is -3.58. The summed E-state index contributed by atoms with van der Waals surface area (Å²) < 4.78 is 31.9. The number of nitrogens with zero attached hydrogens (tertiary/aromatic N) is 2. The number of hydrogen-bond acceptors (Lipinski definition) is 5. The van der Waals surface area contributed by atoms with E-state index in [2.05, 4.69) is 0 Å². The van der Waals surface area contributed by atoms with Gasteiger partial charge in [0.1, 0.15) is 0 Å². The van der Waals surface area contributed by atoms with E-state index in [1.54, 1.807) is 32.0 Å². The number of carbonyl (C=O) groups excluding carboxylic acids is 2. The molecular weight excluding hydrogens is 356 g/mol. The third-order valence-electron chi connectivity index (χ3n) is 4.52. The Hall–Kier alpha value is -1.93. The van der Waals surface area contributed by atoms with E-state index in [0.717, 1.165) is 11.1 Å². The van der Waals surface area contributed by atoms with Crippen molar-refractivity contribution in [2.24, 2.45) is 5.92 Å². The second-order valence-corrected chi connectivity index (χ2v) is 8.73. The molecule has 0 unspecified atom stereocenters. The number of esters is 1. The Morgan fingerprint density at radius 1 is 1.08 bits per heavy atom. The van der Waals surface area contributed by atoms with Crippen molar-refractivity contribution in [2.45, 2.75) is 32.6 Å². The Labute approximate surface area is 155 Å². The molecule has 1 aromatic rings. The SMILES string of the molecule is Cc1ccc(S(=O)(=O)N2CCN(C(=O)COC(=O)C(C)C)CC2)cc1C. The molecule has 0 spiro atoms. The molecule has 0 atom stereocenters. The minimum atomic E-state index is -3.58. The molecule has 0 aliphatic carbocycles. The molecule has 1 heterocycles. The van der Waals surface area contributed by atoms with E-state index in [1.165, 1.54) is 9.21 Å². The molecule has 1 amide bonds. The Kier molecular flexibility index (Phi) is 6.41. The largest absolute Gasteiger partial charge is 0.455 e. The fourth-order valence-corrected chi connectivity index (χ4v) is 4.10. The standard InChI is InChI=1S/C18H26N2O5S/c1-13(2)18(22)25-12-17(21)19-7-9-20(10-8-19)26(23,24)16-6-5-14(3)15(4)11-16/h5-6,11,13H,7-10,12H2,1-4H3. The van der Waals surface area contributed by atoms with Crippen molar-refractivity contribution in [3.63, 3.8) is 0 Å². The lowest BCUT2D eigenvalue weighted by Crippen LogP contribution is -2.51. The van der Waals surface area contributed by atoms with Gasteiger partial charge < -0.3 is 9.64 Å². The summed E-state index contributed by atoms with van der Waals surface area (Å²) in [6.45, 7) is 7.90. The second kappa shape index (κ2) is 8.18. The Morgan fingerprint density at radius 3 is 2.23 bits per heavy atom. The molecule has 0 bridgehead atoms. The minimum absolute atomic E-state index is 0.221. The molecule has 2 rings (SSSR count). The van der Waals surface area contributed by atoms with E-state index in [-0.39, 0.29) is 49.5 Å². The molecular formula is C18H26N2O5S. The Balaban J connectivity index is 1.95. The van der Waals surface area contributed by atoms with E-state index in [0.29, 0.717) is 0 Å². The van der Waals surface area contributed by atoms with Crippen molar-refractivity contribution >= 4 is 21.9 Å². The first-order valence-corrected chi connectivity index (χ1v) is 10.1. The van der Waals surface area contributed by atoms with Crippen molar-refractivity contribution in [3.8, 4) is 0 Å². The number of sulfonamides is 1. The van der Waals surface area contributed by atoms with E-state index in [1.807, 2.05) is 13.8 Å². The lowest BCUT2D eigenvalue weighted by molar-refractivity contribution is -0.155. The van der Waals surface area contributed by atoms with Crippen LogP contribution in [-0.4, -0.2) is 62.3 Å². The number of aryl methyl sites for hydroxylation is 2. The number of hydrogen-bond donors (Lipinski definition) is 0. The zero-order valence-electron chi connectivity index (χ0n) is 15.7. The predicted molar refractivity (Wildman–Crippen MR) is 97.1 cm³/mol. The van der Waals surface area contributed by atoms with E-state index < -0.39 is 16.0 Å². The molecule has 0 saturated carbocycles. The maximum Gasteiger partial charge on any atom is 0.308 e. The number of benzene rings is 1. The lowest BCUT2D eigenvalue weighted by atomic mass is 10.1. The smallest absolute Gasteiger partial charge is 0.308 e. The summed E-state index contributed by atoms with van der Waals surface area (Å²) in [5.74, 6) is -1.01. The van der Waals surface area contributed by atoms with Crippen LogP contribution >= 0.6 is 0 Å². The van der Waals surface area contributed by atoms with Gasteiger partial charge in [-0.15, -0.1) is 0 Å². The van der Waals surface area contributed by atoms with Gasteiger partial charge in [-0.2, -0.15) is 4.31 Å². The normalized spacial score (nSPS) is 16.0. The van der Waals surface area contributed by atoms with Gasteiger partial charge in [0.05, 0.1) is 10.8 Å². The lowest BCUT2D eigenvalue weighted by Gasteiger charge is -2.34.